The van der Waals surface area contributed by atoms with E-state index in [0.717, 1.165) is 17.3 Å². The first kappa shape index (κ1) is 14.9. The average Bonchev–Trinajstić information content (AvgIpc) is 3.04. The molecule has 3 aromatic rings. The second-order valence-electron chi connectivity index (χ2n) is 4.90. The van der Waals surface area contributed by atoms with E-state index in [1.54, 1.807) is 18.6 Å². The number of hydrogen-bond donors (Lipinski definition) is 3. The van der Waals surface area contributed by atoms with E-state index in [9.17, 15) is 8.78 Å². The highest BCUT2D eigenvalue weighted by molar-refractivity contribution is 5.54. The maximum Gasteiger partial charge on any atom is 0.229 e. The number of aryl methyl sites for hydroxylation is 1. The molecule has 2 heterocycles. The lowest BCUT2D eigenvalue weighted by atomic mass is 10.2. The molecular formula is C15H14F2N6. The summed E-state index contributed by atoms with van der Waals surface area (Å²) < 4.78 is 26.9. The van der Waals surface area contributed by atoms with Crippen molar-refractivity contribution in [2.75, 3.05) is 10.6 Å². The van der Waals surface area contributed by atoms with E-state index in [2.05, 4.69) is 30.8 Å². The summed E-state index contributed by atoms with van der Waals surface area (Å²) in [6.07, 6.45) is 4.90. The zero-order chi connectivity index (χ0) is 16.2. The van der Waals surface area contributed by atoms with Crippen LogP contribution in [0.5, 0.6) is 0 Å². The first-order chi connectivity index (χ1) is 11.1. The predicted molar refractivity (Wildman–Crippen MR) is 82.3 cm³/mol. The fourth-order valence-electron chi connectivity index (χ4n) is 1.99. The van der Waals surface area contributed by atoms with Crippen LogP contribution < -0.4 is 10.6 Å². The van der Waals surface area contributed by atoms with Crippen molar-refractivity contribution in [2.45, 2.75) is 13.5 Å². The van der Waals surface area contributed by atoms with Gasteiger partial charge >= 0.3 is 0 Å². The summed E-state index contributed by atoms with van der Waals surface area (Å²) in [5, 5.41) is 12.5. The highest BCUT2D eigenvalue weighted by Crippen LogP contribution is 2.18. The Bertz CT molecular complexity index is 804. The van der Waals surface area contributed by atoms with Crippen LogP contribution in [0.15, 0.2) is 36.8 Å². The van der Waals surface area contributed by atoms with E-state index in [4.69, 9.17) is 0 Å². The molecule has 0 aliphatic heterocycles. The number of nitrogens with zero attached hydrogens (tertiary/aromatic N) is 3. The van der Waals surface area contributed by atoms with Crippen molar-refractivity contribution in [1.82, 2.24) is 20.2 Å². The summed E-state index contributed by atoms with van der Waals surface area (Å²) in [6, 6.07) is 4.07. The fraction of sp³-hybridized carbons (Fsp3) is 0.133. The summed E-state index contributed by atoms with van der Waals surface area (Å²) in [7, 11) is 0. The van der Waals surface area contributed by atoms with E-state index in [1.165, 1.54) is 12.1 Å². The third kappa shape index (κ3) is 3.42. The van der Waals surface area contributed by atoms with Gasteiger partial charge in [-0.1, -0.05) is 12.1 Å². The number of benzene rings is 1. The van der Waals surface area contributed by atoms with Crippen LogP contribution in [-0.4, -0.2) is 20.2 Å². The van der Waals surface area contributed by atoms with Crippen molar-refractivity contribution < 1.29 is 8.78 Å². The van der Waals surface area contributed by atoms with Crippen LogP contribution in [0.1, 0.15) is 11.1 Å². The van der Waals surface area contributed by atoms with Gasteiger partial charge in [0.05, 0.1) is 11.9 Å². The third-order valence-electron chi connectivity index (χ3n) is 3.20. The topological polar surface area (TPSA) is 78.5 Å². The number of rotatable bonds is 5. The molecule has 0 amide bonds. The first-order valence-corrected chi connectivity index (χ1v) is 6.89. The Morgan fingerprint density at radius 3 is 2.87 bits per heavy atom. The van der Waals surface area contributed by atoms with Gasteiger partial charge in [0.25, 0.3) is 0 Å². The molecule has 6 nitrogen and oxygen atoms in total. The molecule has 3 rings (SSSR count). The van der Waals surface area contributed by atoms with Crippen molar-refractivity contribution in [3.8, 4) is 0 Å². The minimum Gasteiger partial charge on any atom is -0.365 e. The molecule has 0 aliphatic rings. The van der Waals surface area contributed by atoms with Gasteiger partial charge in [-0.05, 0) is 13.0 Å². The summed E-state index contributed by atoms with van der Waals surface area (Å²) in [4.78, 5) is 8.49. The molecule has 0 unspecified atom stereocenters. The lowest BCUT2D eigenvalue weighted by Gasteiger charge is -2.11. The van der Waals surface area contributed by atoms with Gasteiger partial charge in [-0.3, -0.25) is 5.10 Å². The van der Waals surface area contributed by atoms with E-state index in [0.29, 0.717) is 11.8 Å². The van der Waals surface area contributed by atoms with Crippen LogP contribution in [0.3, 0.4) is 0 Å². The van der Waals surface area contributed by atoms with Crippen molar-refractivity contribution in [3.63, 3.8) is 0 Å². The molecule has 0 aliphatic carbocycles. The van der Waals surface area contributed by atoms with Crippen LogP contribution in [0.25, 0.3) is 0 Å². The summed E-state index contributed by atoms with van der Waals surface area (Å²) in [5.74, 6) is -0.816. The number of nitrogens with one attached hydrogen (secondary N) is 3. The van der Waals surface area contributed by atoms with Crippen LogP contribution in [0.4, 0.5) is 26.2 Å². The Labute approximate surface area is 131 Å². The van der Waals surface area contributed by atoms with E-state index < -0.39 is 11.6 Å². The maximum atomic E-state index is 13.7. The number of H-pyrrole nitrogens is 1. The lowest BCUT2D eigenvalue weighted by Crippen LogP contribution is -2.08. The van der Waals surface area contributed by atoms with Crippen molar-refractivity contribution in [2.24, 2.45) is 0 Å². The monoisotopic (exact) mass is 316 g/mol. The molecule has 0 bridgehead atoms. The zero-order valence-corrected chi connectivity index (χ0v) is 12.3. The Balaban J connectivity index is 1.75. The lowest BCUT2D eigenvalue weighted by molar-refractivity contribution is 0.500. The summed E-state index contributed by atoms with van der Waals surface area (Å²) >= 11 is 0. The van der Waals surface area contributed by atoms with Crippen molar-refractivity contribution >= 4 is 17.5 Å². The minimum atomic E-state index is -0.869. The smallest absolute Gasteiger partial charge is 0.229 e. The molecule has 2 aromatic heterocycles. The summed E-state index contributed by atoms with van der Waals surface area (Å²) in [5.41, 5.74) is 1.74. The standard InChI is InChI=1S/C15H14F2N6/c1-9-5-19-15(22-11-7-20-21-8-11)23-14(9)18-6-10-3-2-4-12(16)13(10)17/h2-5,7-8H,6H2,1H3,(H,20,21)(H2,18,19,22,23). The van der Waals surface area contributed by atoms with E-state index >= 15 is 0 Å². The van der Waals surface area contributed by atoms with Crippen molar-refractivity contribution in [1.29, 1.82) is 0 Å². The predicted octanol–water partition coefficient (Wildman–Crippen LogP) is 3.14. The summed E-state index contributed by atoms with van der Waals surface area (Å²) in [6.45, 7) is 1.94. The molecule has 0 atom stereocenters. The Hall–Kier alpha value is -3.03. The number of hydrogen-bond acceptors (Lipinski definition) is 5. The quantitative estimate of drug-likeness (QED) is 0.674. The maximum absolute atomic E-state index is 13.7. The second-order valence-corrected chi connectivity index (χ2v) is 4.90. The molecule has 23 heavy (non-hydrogen) atoms. The SMILES string of the molecule is Cc1cnc(Nc2cn[nH]c2)nc1NCc1cccc(F)c1F. The number of halogens is 2. The van der Waals surface area contributed by atoms with Gasteiger partial charge in [0.1, 0.15) is 5.82 Å². The molecule has 3 N–H and O–H groups in total. The minimum absolute atomic E-state index is 0.118. The van der Waals surface area contributed by atoms with Gasteiger partial charge in [0.15, 0.2) is 11.6 Å². The normalized spacial score (nSPS) is 10.6. The Morgan fingerprint density at radius 1 is 1.22 bits per heavy atom. The van der Waals surface area contributed by atoms with Gasteiger partial charge in [-0.2, -0.15) is 10.1 Å². The Morgan fingerprint density at radius 2 is 2.09 bits per heavy atom. The zero-order valence-electron chi connectivity index (χ0n) is 12.3. The number of anilines is 3. The highest BCUT2D eigenvalue weighted by atomic mass is 19.2. The van der Waals surface area contributed by atoms with Crippen LogP contribution in [0, 0.1) is 18.6 Å². The largest absolute Gasteiger partial charge is 0.365 e. The molecule has 1 aromatic carbocycles. The molecule has 0 spiro atoms. The van der Waals surface area contributed by atoms with Gasteiger partial charge in [0, 0.05) is 30.1 Å². The average molecular weight is 316 g/mol. The fourth-order valence-corrected chi connectivity index (χ4v) is 1.99. The molecule has 0 fully saturated rings. The third-order valence-corrected chi connectivity index (χ3v) is 3.20. The van der Waals surface area contributed by atoms with E-state index in [1.807, 2.05) is 6.92 Å². The molecular weight excluding hydrogens is 302 g/mol. The van der Waals surface area contributed by atoms with Crippen LogP contribution in [0.2, 0.25) is 0 Å². The highest BCUT2D eigenvalue weighted by Gasteiger charge is 2.09. The number of aromatic nitrogens is 4. The molecule has 0 saturated carbocycles. The van der Waals surface area contributed by atoms with Gasteiger partial charge in [-0.15, -0.1) is 0 Å². The molecule has 118 valence electrons. The molecule has 0 saturated heterocycles. The van der Waals surface area contributed by atoms with E-state index in [-0.39, 0.29) is 12.1 Å². The van der Waals surface area contributed by atoms with Crippen LogP contribution in [-0.2, 0) is 6.54 Å². The van der Waals surface area contributed by atoms with Crippen molar-refractivity contribution in [3.05, 3.63) is 59.6 Å². The molecule has 0 radical (unpaired) electrons. The van der Waals surface area contributed by atoms with Gasteiger partial charge < -0.3 is 10.6 Å². The second kappa shape index (κ2) is 6.39. The van der Waals surface area contributed by atoms with Crippen LogP contribution >= 0.6 is 0 Å². The van der Waals surface area contributed by atoms with Gasteiger partial charge in [0.2, 0.25) is 5.95 Å². The van der Waals surface area contributed by atoms with Gasteiger partial charge in [-0.25, -0.2) is 13.8 Å². The number of aromatic amines is 1. The Kier molecular flexibility index (Phi) is 4.13. The molecule has 8 heteroatoms. The first-order valence-electron chi connectivity index (χ1n) is 6.89.